The Morgan fingerprint density at radius 2 is 2.25 bits per heavy atom. The third-order valence-corrected chi connectivity index (χ3v) is 2.35. The summed E-state index contributed by atoms with van der Waals surface area (Å²) >= 11 is 0. The van der Waals surface area contributed by atoms with E-state index in [4.69, 9.17) is 5.73 Å². The lowest BCUT2D eigenvalue weighted by Crippen LogP contribution is -2.24. The first-order valence-corrected chi connectivity index (χ1v) is 4.50. The summed E-state index contributed by atoms with van der Waals surface area (Å²) < 4.78 is 0. The Labute approximate surface area is 74.7 Å². The number of hydrogen-bond donors (Lipinski definition) is 1. The van der Waals surface area contributed by atoms with Crippen molar-refractivity contribution in [3.8, 4) is 0 Å². The zero-order valence-electron chi connectivity index (χ0n) is 7.72. The molecule has 0 aromatic heterocycles. The lowest BCUT2D eigenvalue weighted by atomic mass is 9.86. The molecule has 0 aromatic carbocycles. The summed E-state index contributed by atoms with van der Waals surface area (Å²) in [4.78, 5) is 0. The van der Waals surface area contributed by atoms with Crippen LogP contribution in [-0.2, 0) is 0 Å². The SMILES string of the molecule is C=C/C=C1/CC(N)CC/C1=C\C. The van der Waals surface area contributed by atoms with Crippen LogP contribution in [0.4, 0.5) is 0 Å². The van der Waals surface area contributed by atoms with Crippen molar-refractivity contribution >= 4 is 0 Å². The fourth-order valence-corrected chi connectivity index (χ4v) is 1.66. The minimum Gasteiger partial charge on any atom is -0.327 e. The molecule has 1 fully saturated rings. The van der Waals surface area contributed by atoms with Crippen LogP contribution in [0.25, 0.3) is 0 Å². The normalized spacial score (nSPS) is 31.0. The van der Waals surface area contributed by atoms with Crippen molar-refractivity contribution in [2.75, 3.05) is 0 Å². The van der Waals surface area contributed by atoms with E-state index in [2.05, 4.69) is 25.7 Å². The molecule has 2 N–H and O–H groups in total. The molecule has 1 nitrogen and oxygen atoms in total. The minimum atomic E-state index is 0.347. The highest BCUT2D eigenvalue weighted by Crippen LogP contribution is 2.27. The molecule has 1 atom stereocenters. The smallest absolute Gasteiger partial charge is 0.00825 e. The van der Waals surface area contributed by atoms with E-state index in [1.807, 2.05) is 6.08 Å². The maximum absolute atomic E-state index is 5.87. The van der Waals surface area contributed by atoms with Crippen molar-refractivity contribution in [1.82, 2.24) is 0 Å². The molecule has 1 aliphatic rings. The van der Waals surface area contributed by atoms with Crippen molar-refractivity contribution in [2.45, 2.75) is 32.2 Å². The van der Waals surface area contributed by atoms with E-state index >= 15 is 0 Å². The maximum Gasteiger partial charge on any atom is 0.00825 e. The first-order chi connectivity index (χ1) is 5.77. The fourth-order valence-electron chi connectivity index (χ4n) is 1.66. The van der Waals surface area contributed by atoms with Gasteiger partial charge < -0.3 is 5.73 Å². The molecule has 1 saturated carbocycles. The summed E-state index contributed by atoms with van der Waals surface area (Å²) in [6.07, 6.45) is 9.35. The molecule has 0 radical (unpaired) electrons. The zero-order chi connectivity index (χ0) is 8.97. The van der Waals surface area contributed by atoms with Gasteiger partial charge in [0.1, 0.15) is 0 Å². The van der Waals surface area contributed by atoms with E-state index in [1.54, 1.807) is 0 Å². The van der Waals surface area contributed by atoms with Crippen molar-refractivity contribution < 1.29 is 0 Å². The van der Waals surface area contributed by atoms with Gasteiger partial charge in [0.05, 0.1) is 0 Å². The molecule has 12 heavy (non-hydrogen) atoms. The van der Waals surface area contributed by atoms with Crippen LogP contribution in [0.1, 0.15) is 26.2 Å². The quantitative estimate of drug-likeness (QED) is 0.631. The largest absolute Gasteiger partial charge is 0.327 e. The summed E-state index contributed by atoms with van der Waals surface area (Å²) in [5.74, 6) is 0. The van der Waals surface area contributed by atoms with Gasteiger partial charge in [-0.05, 0) is 37.3 Å². The van der Waals surface area contributed by atoms with Crippen LogP contribution >= 0.6 is 0 Å². The van der Waals surface area contributed by atoms with E-state index < -0.39 is 0 Å². The van der Waals surface area contributed by atoms with E-state index in [-0.39, 0.29) is 0 Å². The van der Waals surface area contributed by atoms with Gasteiger partial charge in [-0.3, -0.25) is 0 Å². The predicted molar refractivity (Wildman–Crippen MR) is 53.9 cm³/mol. The summed E-state index contributed by atoms with van der Waals surface area (Å²) in [6, 6.07) is 0.347. The van der Waals surface area contributed by atoms with Crippen molar-refractivity contribution in [3.63, 3.8) is 0 Å². The fraction of sp³-hybridized carbons (Fsp3) is 0.455. The molecule has 66 valence electrons. The van der Waals surface area contributed by atoms with Gasteiger partial charge in [0, 0.05) is 6.04 Å². The van der Waals surface area contributed by atoms with Crippen LogP contribution in [-0.4, -0.2) is 6.04 Å². The Morgan fingerprint density at radius 1 is 1.50 bits per heavy atom. The van der Waals surface area contributed by atoms with Crippen LogP contribution in [0.3, 0.4) is 0 Å². The van der Waals surface area contributed by atoms with Crippen molar-refractivity contribution in [3.05, 3.63) is 36.0 Å². The van der Waals surface area contributed by atoms with Gasteiger partial charge in [0.25, 0.3) is 0 Å². The molecule has 0 amide bonds. The number of rotatable bonds is 1. The first-order valence-electron chi connectivity index (χ1n) is 4.50. The molecule has 1 unspecified atom stereocenters. The summed E-state index contributed by atoms with van der Waals surface area (Å²) in [5.41, 5.74) is 8.68. The first kappa shape index (κ1) is 9.27. The van der Waals surface area contributed by atoms with Gasteiger partial charge >= 0.3 is 0 Å². The van der Waals surface area contributed by atoms with E-state index in [0.29, 0.717) is 6.04 Å². The van der Waals surface area contributed by atoms with Crippen LogP contribution < -0.4 is 5.73 Å². The molecular weight excluding hydrogens is 146 g/mol. The Hall–Kier alpha value is -0.820. The molecule has 0 spiro atoms. The third kappa shape index (κ3) is 2.08. The summed E-state index contributed by atoms with van der Waals surface area (Å²) in [7, 11) is 0. The summed E-state index contributed by atoms with van der Waals surface area (Å²) in [6.45, 7) is 5.79. The molecule has 1 aliphatic carbocycles. The molecular formula is C11H17N. The monoisotopic (exact) mass is 163 g/mol. The minimum absolute atomic E-state index is 0.347. The molecule has 0 bridgehead atoms. The average Bonchev–Trinajstić information content (AvgIpc) is 2.05. The maximum atomic E-state index is 5.87. The average molecular weight is 163 g/mol. The molecule has 1 rings (SSSR count). The van der Waals surface area contributed by atoms with Crippen LogP contribution in [0, 0.1) is 0 Å². The van der Waals surface area contributed by atoms with Gasteiger partial charge in [0.2, 0.25) is 0 Å². The highest BCUT2D eigenvalue weighted by Gasteiger charge is 2.15. The van der Waals surface area contributed by atoms with Gasteiger partial charge in [-0.25, -0.2) is 0 Å². The van der Waals surface area contributed by atoms with Crippen molar-refractivity contribution in [1.29, 1.82) is 0 Å². The van der Waals surface area contributed by atoms with Crippen LogP contribution in [0.5, 0.6) is 0 Å². The Balaban J connectivity index is 2.78. The van der Waals surface area contributed by atoms with E-state index in [9.17, 15) is 0 Å². The molecule has 0 saturated heterocycles. The van der Waals surface area contributed by atoms with Gasteiger partial charge in [-0.2, -0.15) is 0 Å². The molecule has 0 aromatic rings. The van der Waals surface area contributed by atoms with Gasteiger partial charge in [0.15, 0.2) is 0 Å². The topological polar surface area (TPSA) is 26.0 Å². The van der Waals surface area contributed by atoms with E-state index in [0.717, 1.165) is 19.3 Å². The van der Waals surface area contributed by atoms with E-state index in [1.165, 1.54) is 11.1 Å². The zero-order valence-corrected chi connectivity index (χ0v) is 7.72. The molecule has 0 aliphatic heterocycles. The van der Waals surface area contributed by atoms with Gasteiger partial charge in [-0.1, -0.05) is 24.8 Å². The second-order valence-electron chi connectivity index (χ2n) is 3.24. The highest BCUT2D eigenvalue weighted by atomic mass is 14.6. The molecule has 0 heterocycles. The Bertz CT molecular complexity index is 223. The molecule has 1 heteroatoms. The Kier molecular flexibility index (Phi) is 3.30. The lowest BCUT2D eigenvalue weighted by molar-refractivity contribution is 0.571. The highest BCUT2D eigenvalue weighted by molar-refractivity contribution is 5.35. The number of hydrogen-bond acceptors (Lipinski definition) is 1. The second-order valence-corrected chi connectivity index (χ2v) is 3.24. The van der Waals surface area contributed by atoms with Crippen LogP contribution in [0.2, 0.25) is 0 Å². The predicted octanol–water partition coefficient (Wildman–Crippen LogP) is 2.56. The Morgan fingerprint density at radius 3 is 2.83 bits per heavy atom. The second kappa shape index (κ2) is 4.27. The van der Waals surface area contributed by atoms with Crippen molar-refractivity contribution in [2.24, 2.45) is 5.73 Å². The summed E-state index contributed by atoms with van der Waals surface area (Å²) in [5, 5.41) is 0. The lowest BCUT2D eigenvalue weighted by Gasteiger charge is -2.23. The van der Waals surface area contributed by atoms with Gasteiger partial charge in [-0.15, -0.1) is 0 Å². The third-order valence-electron chi connectivity index (χ3n) is 2.35. The standard InChI is InChI=1S/C11H17N/c1-3-5-10-8-11(12)7-6-9(10)4-2/h3-5,11H,1,6-8,12H2,2H3/b9-4+,10-5-. The number of allylic oxidation sites excluding steroid dienone is 4. The van der Waals surface area contributed by atoms with Crippen LogP contribution in [0.15, 0.2) is 36.0 Å². The number of nitrogens with two attached hydrogens (primary N) is 1.